The molecule has 1 heterocycles. The first-order chi connectivity index (χ1) is 8.84. The average Bonchev–Trinajstić information content (AvgIpc) is 2.70. The van der Waals surface area contributed by atoms with Crippen molar-refractivity contribution in [1.29, 1.82) is 0 Å². The van der Waals surface area contributed by atoms with E-state index < -0.39 is 27.0 Å². The summed E-state index contributed by atoms with van der Waals surface area (Å²) in [5.41, 5.74) is 1.17. The van der Waals surface area contributed by atoms with E-state index in [1.807, 2.05) is 36.4 Å². The van der Waals surface area contributed by atoms with Crippen LogP contribution in [0.2, 0.25) is 0 Å². The van der Waals surface area contributed by atoms with Gasteiger partial charge in [0.15, 0.2) is 0 Å². The van der Waals surface area contributed by atoms with Crippen molar-refractivity contribution in [3.63, 3.8) is 0 Å². The normalized spacial score (nSPS) is 13.3. The van der Waals surface area contributed by atoms with Crippen LogP contribution in [0.15, 0.2) is 47.9 Å². The molecule has 0 fully saturated rings. The molecule has 8 heteroatoms. The van der Waals surface area contributed by atoms with E-state index in [9.17, 15) is 22.6 Å². The number of rotatable bonds is 2. The van der Waals surface area contributed by atoms with Gasteiger partial charge in [-0.1, -0.05) is 43.0 Å². The number of carbonyl (C=O) groups excluding carboxylic acids is 2. The smallest absolute Gasteiger partial charge is 0.744 e. The van der Waals surface area contributed by atoms with Crippen molar-refractivity contribution < 1.29 is 56.9 Å². The van der Waals surface area contributed by atoms with Crippen molar-refractivity contribution in [2.24, 2.45) is 0 Å². The minimum atomic E-state index is -4.87. The molecule has 0 aromatic heterocycles. The van der Waals surface area contributed by atoms with Crippen LogP contribution >= 0.6 is 0 Å². The van der Waals surface area contributed by atoms with Crippen molar-refractivity contribution >= 4 is 28.1 Å². The van der Waals surface area contributed by atoms with E-state index in [1.165, 1.54) is 5.56 Å². The van der Waals surface area contributed by atoms with Crippen LogP contribution in [0.4, 0.5) is 0 Å². The van der Waals surface area contributed by atoms with Crippen LogP contribution in [-0.2, 0) is 24.4 Å². The maximum Gasteiger partial charge on any atom is 1.00 e. The first-order valence-electron chi connectivity index (χ1n) is 4.96. The van der Waals surface area contributed by atoms with E-state index in [4.69, 9.17) is 0 Å². The fourth-order valence-electron chi connectivity index (χ4n) is 1.10. The molecule has 0 aliphatic carbocycles. The molecule has 1 aliphatic heterocycles. The molecule has 1 aliphatic rings. The van der Waals surface area contributed by atoms with Gasteiger partial charge in [-0.25, -0.2) is 18.0 Å². The van der Waals surface area contributed by atoms with Crippen molar-refractivity contribution in [2.45, 2.75) is 0 Å². The molecule has 2 rings (SSSR count). The topological polar surface area (TPSA) is 101 Å². The summed E-state index contributed by atoms with van der Waals surface area (Å²) < 4.78 is 34.1. The third-order valence-electron chi connectivity index (χ3n) is 1.95. The minimum absolute atomic E-state index is 0. The van der Waals surface area contributed by atoms with E-state index in [0.29, 0.717) is 6.08 Å². The van der Waals surface area contributed by atoms with Gasteiger partial charge in [-0.3, -0.25) is 0 Å². The van der Waals surface area contributed by atoms with Crippen LogP contribution in [-0.4, -0.2) is 24.9 Å². The standard InChI is InChI=1S/C8H8.C4H2O6S.Na/c1-2-8-6-4-3-5-7-8;5-3-1-2(4(6)10-3)11(7,8)9;/h2-7H,1H2;1H,(H,7,8,9);/q;;+1/p-1. The Hall–Kier alpha value is -1.25. The molecule has 0 saturated heterocycles. The maximum atomic E-state index is 10.3. The number of cyclic esters (lactones) is 2. The molecule has 0 N–H and O–H groups in total. The van der Waals surface area contributed by atoms with Gasteiger partial charge in [-0.2, -0.15) is 0 Å². The Balaban J connectivity index is 0.000000359. The molecule has 0 saturated carbocycles. The summed E-state index contributed by atoms with van der Waals surface area (Å²) in [5.74, 6) is -2.55. The first-order valence-corrected chi connectivity index (χ1v) is 6.36. The summed E-state index contributed by atoms with van der Waals surface area (Å²) >= 11 is 0. The van der Waals surface area contributed by atoms with Crippen LogP contribution in [0.5, 0.6) is 0 Å². The molecule has 1 aromatic carbocycles. The maximum absolute atomic E-state index is 10.3. The summed E-state index contributed by atoms with van der Waals surface area (Å²) in [6.07, 6.45) is 2.19. The number of hydrogen-bond donors (Lipinski definition) is 0. The quantitative estimate of drug-likeness (QED) is 0.267. The van der Waals surface area contributed by atoms with E-state index in [-0.39, 0.29) is 29.6 Å². The average molecular weight is 304 g/mol. The predicted octanol–water partition coefficient (Wildman–Crippen LogP) is -2.17. The molecule has 0 atom stereocenters. The Labute approximate surface area is 138 Å². The molecule has 0 spiro atoms. The summed E-state index contributed by atoms with van der Waals surface area (Å²) in [6.45, 7) is 3.63. The van der Waals surface area contributed by atoms with E-state index in [1.54, 1.807) is 0 Å². The SMILES string of the molecule is C=Cc1ccccc1.O=C1C=C(S(=O)(=O)[O-])C(=O)O1.[Na+]. The van der Waals surface area contributed by atoms with Crippen LogP contribution < -0.4 is 29.6 Å². The molecular formula is C12H9NaO6S. The van der Waals surface area contributed by atoms with Gasteiger partial charge in [0, 0.05) is 6.08 Å². The molecular weight excluding hydrogens is 295 g/mol. The van der Waals surface area contributed by atoms with E-state index >= 15 is 0 Å². The predicted molar refractivity (Wildman–Crippen MR) is 65.4 cm³/mol. The second kappa shape index (κ2) is 8.13. The van der Waals surface area contributed by atoms with Crippen LogP contribution in [0.1, 0.15) is 5.56 Å². The van der Waals surface area contributed by atoms with Crippen molar-refractivity contribution in [3.8, 4) is 0 Å². The fourth-order valence-corrected chi connectivity index (χ4v) is 1.59. The van der Waals surface area contributed by atoms with Gasteiger partial charge in [0.25, 0.3) is 0 Å². The van der Waals surface area contributed by atoms with Crippen LogP contribution in [0.25, 0.3) is 6.08 Å². The largest absolute Gasteiger partial charge is 1.00 e. The Morgan fingerprint density at radius 3 is 1.95 bits per heavy atom. The molecule has 0 unspecified atom stereocenters. The molecule has 1 aromatic rings. The number of carbonyl (C=O) groups is 2. The number of benzene rings is 1. The zero-order valence-electron chi connectivity index (χ0n) is 10.6. The van der Waals surface area contributed by atoms with Gasteiger partial charge >= 0.3 is 41.5 Å². The van der Waals surface area contributed by atoms with Gasteiger partial charge in [0.05, 0.1) is 0 Å². The van der Waals surface area contributed by atoms with Crippen molar-refractivity contribution in [3.05, 3.63) is 53.5 Å². The molecule has 0 radical (unpaired) electrons. The molecule has 100 valence electrons. The first kappa shape index (κ1) is 18.8. The second-order valence-corrected chi connectivity index (χ2v) is 4.63. The van der Waals surface area contributed by atoms with E-state index in [0.717, 1.165) is 0 Å². The fraction of sp³-hybridized carbons (Fsp3) is 0. The molecule has 6 nitrogen and oxygen atoms in total. The Morgan fingerprint density at radius 1 is 1.15 bits per heavy atom. The van der Waals surface area contributed by atoms with Gasteiger partial charge in [-0.05, 0) is 5.56 Å². The van der Waals surface area contributed by atoms with Crippen LogP contribution in [0, 0.1) is 0 Å². The molecule has 0 bridgehead atoms. The van der Waals surface area contributed by atoms with Crippen molar-refractivity contribution in [2.75, 3.05) is 0 Å². The van der Waals surface area contributed by atoms with Gasteiger partial charge in [-0.15, -0.1) is 0 Å². The third kappa shape index (κ3) is 5.81. The zero-order chi connectivity index (χ0) is 14.5. The van der Waals surface area contributed by atoms with Gasteiger partial charge < -0.3 is 9.29 Å². The van der Waals surface area contributed by atoms with Crippen LogP contribution in [0.3, 0.4) is 0 Å². The van der Waals surface area contributed by atoms with Gasteiger partial charge in [0.2, 0.25) is 0 Å². The second-order valence-electron chi connectivity index (χ2n) is 3.29. The molecule has 20 heavy (non-hydrogen) atoms. The number of ether oxygens (including phenoxy) is 1. The molecule has 0 amide bonds. The van der Waals surface area contributed by atoms with Crippen molar-refractivity contribution in [1.82, 2.24) is 0 Å². The number of hydrogen-bond acceptors (Lipinski definition) is 6. The third-order valence-corrected chi connectivity index (χ3v) is 2.77. The summed E-state index contributed by atoms with van der Waals surface area (Å²) in [4.78, 5) is 19.4. The zero-order valence-corrected chi connectivity index (χ0v) is 13.4. The monoisotopic (exact) mass is 304 g/mol. The van der Waals surface area contributed by atoms with Gasteiger partial charge in [0.1, 0.15) is 15.0 Å². The summed E-state index contributed by atoms with van der Waals surface area (Å²) in [6, 6.07) is 10.0. The number of esters is 2. The Bertz CT molecular complexity index is 633. The minimum Gasteiger partial charge on any atom is -0.744 e. The van der Waals surface area contributed by atoms with E-state index in [2.05, 4.69) is 11.3 Å². The Kier molecular flexibility index (Phi) is 7.62. The summed E-state index contributed by atoms with van der Waals surface area (Å²) in [5, 5.41) is 0. The summed E-state index contributed by atoms with van der Waals surface area (Å²) in [7, 11) is -4.87. The Morgan fingerprint density at radius 2 is 1.70 bits per heavy atom.